The van der Waals surface area contributed by atoms with Crippen molar-refractivity contribution in [3.8, 4) is 23.8 Å². The Morgan fingerprint density at radius 2 is 1.79 bits per heavy atom. The maximum absolute atomic E-state index is 12.7. The Bertz CT molecular complexity index is 1170. The Morgan fingerprint density at radius 1 is 1.04 bits per heavy atom. The van der Waals surface area contributed by atoms with Gasteiger partial charge in [-0.1, -0.05) is 36.3 Å². The van der Waals surface area contributed by atoms with E-state index >= 15 is 0 Å². The van der Waals surface area contributed by atoms with Crippen LogP contribution in [0.25, 0.3) is 0 Å². The van der Waals surface area contributed by atoms with Gasteiger partial charge >= 0.3 is 5.97 Å². The van der Waals surface area contributed by atoms with Crippen molar-refractivity contribution in [2.24, 2.45) is 0 Å². The van der Waals surface area contributed by atoms with Gasteiger partial charge in [0.2, 0.25) is 0 Å². The number of fused-ring (bicyclic) bond motifs is 6. The molecule has 28 heavy (non-hydrogen) atoms. The van der Waals surface area contributed by atoms with E-state index in [1.165, 1.54) is 0 Å². The molecule has 3 aromatic rings. The zero-order valence-electron chi connectivity index (χ0n) is 14.9. The summed E-state index contributed by atoms with van der Waals surface area (Å²) in [6, 6.07) is 18.3. The molecule has 5 rings (SSSR count). The fourth-order valence-electron chi connectivity index (χ4n) is 4.31. The topological polar surface area (TPSA) is 55.8 Å². The van der Waals surface area contributed by atoms with Crippen LogP contribution in [0.2, 0.25) is 0 Å². The van der Waals surface area contributed by atoms with Gasteiger partial charge in [0.1, 0.15) is 18.1 Å². The summed E-state index contributed by atoms with van der Waals surface area (Å²) in [6.07, 6.45) is 5.89. The average molecular weight is 368 g/mol. The molecule has 0 saturated carbocycles. The van der Waals surface area contributed by atoms with Crippen molar-refractivity contribution >= 4 is 5.97 Å². The Hall–Kier alpha value is -3.71. The van der Waals surface area contributed by atoms with Crippen LogP contribution in [0.5, 0.6) is 11.5 Å². The minimum Gasteiger partial charge on any atom is -0.508 e. The molecule has 1 unspecified atom stereocenters. The number of carbonyl (C=O) groups excluding carboxylic acids is 1. The van der Waals surface area contributed by atoms with E-state index in [0.717, 1.165) is 27.8 Å². The van der Waals surface area contributed by atoms with Crippen LogP contribution in [-0.4, -0.2) is 17.7 Å². The summed E-state index contributed by atoms with van der Waals surface area (Å²) in [5.74, 6) is 2.95. The van der Waals surface area contributed by atoms with Crippen molar-refractivity contribution in [2.45, 2.75) is 12.0 Å². The molecule has 0 saturated heterocycles. The predicted octanol–water partition coefficient (Wildman–Crippen LogP) is 3.77. The van der Waals surface area contributed by atoms with Crippen molar-refractivity contribution in [3.63, 3.8) is 0 Å². The number of ether oxygens (including phenoxy) is 2. The summed E-state index contributed by atoms with van der Waals surface area (Å²) in [5.41, 5.74) is 3.98. The molecule has 4 nitrogen and oxygen atoms in total. The van der Waals surface area contributed by atoms with Crippen LogP contribution in [-0.2, 0) is 16.8 Å². The highest BCUT2D eigenvalue weighted by Gasteiger charge is 2.52. The largest absolute Gasteiger partial charge is 0.508 e. The van der Waals surface area contributed by atoms with E-state index in [1.54, 1.807) is 18.2 Å². The number of phenolic OH excluding ortho intramolecular Hbond substituents is 1. The van der Waals surface area contributed by atoms with Crippen LogP contribution in [0.1, 0.15) is 38.2 Å². The molecule has 1 heterocycles. The number of esters is 1. The van der Waals surface area contributed by atoms with Gasteiger partial charge in [-0.15, -0.1) is 6.42 Å². The van der Waals surface area contributed by atoms with Crippen molar-refractivity contribution in [3.05, 3.63) is 94.0 Å². The molecule has 3 aromatic carbocycles. The third-order valence-corrected chi connectivity index (χ3v) is 5.40. The van der Waals surface area contributed by atoms with Crippen molar-refractivity contribution in [2.75, 3.05) is 6.61 Å². The van der Waals surface area contributed by atoms with Crippen molar-refractivity contribution in [1.82, 2.24) is 0 Å². The van der Waals surface area contributed by atoms with E-state index in [4.69, 9.17) is 15.9 Å². The number of aromatic hydroxyl groups is 1. The van der Waals surface area contributed by atoms with Crippen LogP contribution >= 0.6 is 0 Å². The molecule has 0 bridgehead atoms. The van der Waals surface area contributed by atoms with Gasteiger partial charge in [-0.25, -0.2) is 4.79 Å². The minimum atomic E-state index is -1.03. The molecule has 1 spiro atoms. The first-order chi connectivity index (χ1) is 13.6. The normalized spacial score (nSPS) is 18.6. The van der Waals surface area contributed by atoms with Crippen molar-refractivity contribution in [1.29, 1.82) is 0 Å². The molecular weight excluding hydrogens is 352 g/mol. The van der Waals surface area contributed by atoms with E-state index < -0.39 is 5.60 Å². The third kappa shape index (κ3) is 2.17. The number of hydrogen-bond acceptors (Lipinski definition) is 4. The van der Waals surface area contributed by atoms with E-state index in [1.807, 2.05) is 42.5 Å². The van der Waals surface area contributed by atoms with Gasteiger partial charge in [-0.3, -0.25) is 0 Å². The second kappa shape index (κ2) is 5.90. The van der Waals surface area contributed by atoms with Crippen LogP contribution in [0, 0.1) is 12.3 Å². The molecule has 1 aliphatic carbocycles. The number of hydrogen-bond donors (Lipinski definition) is 1. The zero-order valence-corrected chi connectivity index (χ0v) is 14.9. The van der Waals surface area contributed by atoms with Crippen molar-refractivity contribution < 1.29 is 19.4 Å². The van der Waals surface area contributed by atoms with Gasteiger partial charge in [0.15, 0.2) is 5.60 Å². The summed E-state index contributed by atoms with van der Waals surface area (Å²) in [7, 11) is 0. The first-order valence-corrected chi connectivity index (χ1v) is 8.98. The van der Waals surface area contributed by atoms with E-state index in [-0.39, 0.29) is 18.3 Å². The molecule has 1 aliphatic heterocycles. The second-order valence-electron chi connectivity index (χ2n) is 6.95. The van der Waals surface area contributed by atoms with Crippen LogP contribution in [0.4, 0.5) is 0 Å². The molecule has 136 valence electrons. The van der Waals surface area contributed by atoms with Gasteiger partial charge in [0, 0.05) is 16.7 Å². The Kier molecular flexibility index (Phi) is 3.47. The molecule has 1 atom stereocenters. The fraction of sp³-hybridized carbons (Fsp3) is 0.125. The molecular formula is C24H16O4. The lowest BCUT2D eigenvalue weighted by Gasteiger charge is -2.37. The van der Waals surface area contributed by atoms with Gasteiger partial charge < -0.3 is 14.6 Å². The molecule has 4 heteroatoms. The highest BCUT2D eigenvalue weighted by molar-refractivity contribution is 5.96. The monoisotopic (exact) mass is 368 g/mol. The highest BCUT2D eigenvalue weighted by Crippen LogP contribution is 2.52. The smallest absolute Gasteiger partial charge is 0.340 e. The minimum absolute atomic E-state index is 0.176. The summed E-state index contributed by atoms with van der Waals surface area (Å²) in [5, 5.41) is 10.0. The SMILES string of the molecule is C#CCOc1ccc2c(c1)Cc1cc(O)ccc1C21OC(=O)c2ccccc21. The molecule has 0 fully saturated rings. The first kappa shape index (κ1) is 16.5. The highest BCUT2D eigenvalue weighted by atomic mass is 16.6. The molecule has 0 amide bonds. The van der Waals surface area contributed by atoms with Crippen LogP contribution in [0.15, 0.2) is 60.7 Å². The van der Waals surface area contributed by atoms with E-state index in [9.17, 15) is 9.90 Å². The maximum Gasteiger partial charge on any atom is 0.340 e. The number of phenols is 1. The first-order valence-electron chi connectivity index (χ1n) is 8.98. The summed E-state index contributed by atoms with van der Waals surface area (Å²) < 4.78 is 11.7. The quantitative estimate of drug-likeness (QED) is 0.553. The van der Waals surface area contributed by atoms with Crippen LogP contribution in [0.3, 0.4) is 0 Å². The second-order valence-corrected chi connectivity index (χ2v) is 6.95. The lowest BCUT2D eigenvalue weighted by Crippen LogP contribution is -2.35. The fourth-order valence-corrected chi connectivity index (χ4v) is 4.31. The lowest BCUT2D eigenvalue weighted by atomic mass is 9.71. The van der Waals surface area contributed by atoms with Gasteiger partial charge in [0.25, 0.3) is 0 Å². The predicted molar refractivity (Wildman–Crippen MR) is 103 cm³/mol. The average Bonchev–Trinajstić information content (AvgIpc) is 2.99. The molecule has 0 radical (unpaired) electrons. The van der Waals surface area contributed by atoms with E-state index in [2.05, 4.69) is 5.92 Å². The summed E-state index contributed by atoms with van der Waals surface area (Å²) in [6.45, 7) is 0.180. The number of terminal acetylenes is 1. The molecule has 2 aliphatic rings. The third-order valence-electron chi connectivity index (χ3n) is 5.40. The summed E-state index contributed by atoms with van der Waals surface area (Å²) in [4.78, 5) is 12.7. The number of rotatable bonds is 2. The Balaban J connectivity index is 1.79. The van der Waals surface area contributed by atoms with Gasteiger partial charge in [0.05, 0.1) is 5.56 Å². The molecule has 0 aromatic heterocycles. The van der Waals surface area contributed by atoms with Gasteiger partial charge in [-0.2, -0.15) is 0 Å². The Labute approximate surface area is 162 Å². The van der Waals surface area contributed by atoms with Crippen LogP contribution < -0.4 is 4.74 Å². The van der Waals surface area contributed by atoms with Gasteiger partial charge in [-0.05, 0) is 47.9 Å². The Morgan fingerprint density at radius 3 is 2.61 bits per heavy atom. The van der Waals surface area contributed by atoms with E-state index in [0.29, 0.717) is 17.7 Å². The maximum atomic E-state index is 12.7. The number of carbonyl (C=O) groups is 1. The summed E-state index contributed by atoms with van der Waals surface area (Å²) >= 11 is 0. The number of benzene rings is 3. The standard InChI is InChI=1S/C24H16O4/c1-2-11-27-18-8-10-21-16(14-18)12-15-13-17(25)7-9-20(15)24(21)22-6-4-3-5-19(22)23(26)28-24/h1,3-10,13-14,25H,11-12H2. The molecule has 1 N–H and O–H groups in total. The zero-order chi connectivity index (χ0) is 19.3. The lowest BCUT2D eigenvalue weighted by molar-refractivity contribution is 0.0240.